The number of rotatable bonds is 5. The van der Waals surface area contributed by atoms with E-state index in [0.29, 0.717) is 31.1 Å². The number of ketones is 1. The molecule has 0 bridgehead atoms. The summed E-state index contributed by atoms with van der Waals surface area (Å²) in [6.45, 7) is 10.2. The van der Waals surface area contributed by atoms with Gasteiger partial charge in [0.05, 0.1) is 30.2 Å². The lowest BCUT2D eigenvalue weighted by atomic mass is 9.44. The van der Waals surface area contributed by atoms with Gasteiger partial charge < -0.3 is 25.0 Å². The van der Waals surface area contributed by atoms with Gasteiger partial charge >= 0.3 is 0 Å². The van der Waals surface area contributed by atoms with Crippen LogP contribution in [0.25, 0.3) is 0 Å². The second-order valence-corrected chi connectivity index (χ2v) is 19.8. The summed E-state index contributed by atoms with van der Waals surface area (Å²) in [7, 11) is 0. The van der Waals surface area contributed by atoms with E-state index < -0.39 is 34.7 Å². The second-order valence-electron chi connectivity index (χ2n) is 19.8. The van der Waals surface area contributed by atoms with Gasteiger partial charge in [0.2, 0.25) is 0 Å². The number of imidazole rings is 1. The first-order chi connectivity index (χ1) is 24.3. The highest BCUT2D eigenvalue weighted by Gasteiger charge is 2.68. The average molecular weight is 699 g/mol. The second kappa shape index (κ2) is 12.0. The van der Waals surface area contributed by atoms with Crippen LogP contribution in [0, 0.1) is 57.7 Å². The number of carbonyl (C=O) groups excluding carboxylic acids is 1. The Kier molecular flexibility index (Phi) is 8.14. The molecule has 0 aliphatic heterocycles. The van der Waals surface area contributed by atoms with E-state index >= 15 is 0 Å². The van der Waals surface area contributed by atoms with E-state index in [1.165, 1.54) is 38.5 Å². The van der Waals surface area contributed by atoms with Gasteiger partial charge in [0.25, 0.3) is 0 Å². The van der Waals surface area contributed by atoms with Crippen LogP contribution in [0.4, 0.5) is 0 Å². The lowest BCUT2D eigenvalue weighted by Gasteiger charge is -2.61. The van der Waals surface area contributed by atoms with Crippen LogP contribution in [-0.4, -0.2) is 59.7 Å². The first kappa shape index (κ1) is 34.7. The number of aryl methyl sites for hydroxylation is 1. The van der Waals surface area contributed by atoms with Crippen LogP contribution >= 0.6 is 0 Å². The van der Waals surface area contributed by atoms with Crippen molar-refractivity contribution in [3.8, 4) is 0 Å². The van der Waals surface area contributed by atoms with E-state index in [0.717, 1.165) is 50.6 Å². The molecule has 51 heavy (non-hydrogen) atoms. The molecule has 8 aliphatic carbocycles. The molecular formula is C44H62N2O5. The number of aliphatic hydroxyl groups is 4. The lowest BCUT2D eigenvalue weighted by molar-refractivity contribution is -0.156. The Morgan fingerprint density at radius 3 is 2.53 bits per heavy atom. The Hall–Kier alpha value is -2.06. The summed E-state index contributed by atoms with van der Waals surface area (Å²) < 4.78 is 2.20. The summed E-state index contributed by atoms with van der Waals surface area (Å²) in [6.07, 6.45) is 19.9. The Balaban J connectivity index is 1.09. The first-order valence-corrected chi connectivity index (χ1v) is 20.7. The van der Waals surface area contributed by atoms with E-state index in [9.17, 15) is 25.2 Å². The molecule has 0 saturated heterocycles. The fourth-order valence-corrected chi connectivity index (χ4v) is 14.6. The average Bonchev–Trinajstić information content (AvgIpc) is 3.72. The van der Waals surface area contributed by atoms with Crippen LogP contribution in [-0.2, 0) is 11.3 Å². The highest BCUT2D eigenvalue weighted by atomic mass is 16.3. The van der Waals surface area contributed by atoms with Gasteiger partial charge in [-0.2, -0.15) is 0 Å². The number of carbonyl (C=O) groups is 1. The monoisotopic (exact) mass is 698 g/mol. The molecule has 9 rings (SSSR count). The number of nitrogens with zero attached hydrogens (tertiary/aromatic N) is 2. The number of hydrogen-bond donors (Lipinski definition) is 4. The van der Waals surface area contributed by atoms with Crippen molar-refractivity contribution in [3.63, 3.8) is 0 Å². The zero-order valence-corrected chi connectivity index (χ0v) is 31.5. The first-order valence-electron chi connectivity index (χ1n) is 20.7. The topological polar surface area (TPSA) is 116 Å². The Labute approximate surface area is 304 Å². The van der Waals surface area contributed by atoms with Crippen molar-refractivity contribution < 1.29 is 25.2 Å². The summed E-state index contributed by atoms with van der Waals surface area (Å²) in [5.41, 5.74) is 5.32. The van der Waals surface area contributed by atoms with Crippen molar-refractivity contribution in [2.75, 3.05) is 0 Å². The number of hydrogen-bond acceptors (Lipinski definition) is 6. The maximum atomic E-state index is 13.8. The zero-order chi connectivity index (χ0) is 35.7. The minimum absolute atomic E-state index is 0.0106. The van der Waals surface area contributed by atoms with Crippen molar-refractivity contribution in [1.29, 1.82) is 0 Å². The molecule has 278 valence electrons. The Morgan fingerprint density at radius 1 is 0.941 bits per heavy atom. The highest BCUT2D eigenvalue weighted by Crippen LogP contribution is 2.70. The smallest absolute Gasteiger partial charge is 0.159 e. The minimum atomic E-state index is -1.11. The molecule has 5 fully saturated rings. The Bertz CT molecular complexity index is 1670. The van der Waals surface area contributed by atoms with Gasteiger partial charge in [0.15, 0.2) is 5.78 Å². The number of aromatic nitrogens is 2. The fourth-order valence-electron chi connectivity index (χ4n) is 14.6. The molecule has 0 amide bonds. The number of fused-ring (bicyclic) bond motifs is 7. The Morgan fingerprint density at radius 2 is 1.75 bits per heavy atom. The third-order valence-electron chi connectivity index (χ3n) is 17.2. The number of aliphatic hydroxyl groups excluding tert-OH is 3. The van der Waals surface area contributed by atoms with E-state index in [4.69, 9.17) is 0 Å². The van der Waals surface area contributed by atoms with Crippen molar-refractivity contribution in [2.24, 2.45) is 57.7 Å². The predicted molar refractivity (Wildman–Crippen MR) is 196 cm³/mol. The molecule has 7 heteroatoms. The summed E-state index contributed by atoms with van der Waals surface area (Å²) in [5.74, 6) is 1.07. The van der Waals surface area contributed by atoms with Gasteiger partial charge in [-0.25, -0.2) is 4.98 Å². The maximum Gasteiger partial charge on any atom is 0.159 e. The molecule has 4 N–H and O–H groups in total. The molecule has 8 aliphatic rings. The van der Waals surface area contributed by atoms with Crippen molar-refractivity contribution in [1.82, 2.24) is 9.55 Å². The molecule has 1 heterocycles. The fraction of sp³-hybridized carbons (Fsp3) is 0.773. The molecule has 0 aromatic carbocycles. The van der Waals surface area contributed by atoms with Crippen LogP contribution < -0.4 is 0 Å². The molecule has 1 aromatic heterocycles. The van der Waals surface area contributed by atoms with E-state index in [1.54, 1.807) is 28.4 Å². The summed E-state index contributed by atoms with van der Waals surface area (Å²) in [4.78, 5) is 18.1. The van der Waals surface area contributed by atoms with Crippen molar-refractivity contribution >= 4 is 5.78 Å². The largest absolute Gasteiger partial charge is 0.392 e. The van der Waals surface area contributed by atoms with Gasteiger partial charge in [0, 0.05) is 42.1 Å². The molecule has 13 atom stereocenters. The van der Waals surface area contributed by atoms with Gasteiger partial charge in [0.1, 0.15) is 0 Å². The van der Waals surface area contributed by atoms with Crippen molar-refractivity contribution in [2.45, 2.75) is 154 Å². The maximum absolute atomic E-state index is 13.8. The third kappa shape index (κ3) is 4.88. The molecule has 0 spiro atoms. The minimum Gasteiger partial charge on any atom is -0.392 e. The lowest BCUT2D eigenvalue weighted by Crippen LogP contribution is -2.61. The highest BCUT2D eigenvalue weighted by molar-refractivity contribution is 5.95. The summed E-state index contributed by atoms with van der Waals surface area (Å²) >= 11 is 0. The number of allylic oxidation sites excluding steroid dienone is 3. The van der Waals surface area contributed by atoms with Crippen LogP contribution in [0.1, 0.15) is 124 Å². The van der Waals surface area contributed by atoms with Crippen molar-refractivity contribution in [3.05, 3.63) is 52.7 Å². The van der Waals surface area contributed by atoms with Gasteiger partial charge in [-0.1, -0.05) is 56.4 Å². The summed E-state index contributed by atoms with van der Waals surface area (Å²) in [6, 6.07) is 0. The molecule has 1 aromatic rings. The molecule has 5 saturated carbocycles. The van der Waals surface area contributed by atoms with Gasteiger partial charge in [-0.05, 0) is 136 Å². The van der Waals surface area contributed by atoms with E-state index in [-0.39, 0.29) is 40.8 Å². The standard InChI is InChI=1S/C44H62N2O5/c1-41(2,16-18-46-19-17-45-24-46)39-28-10-6-5-9-26(28)27-11-7-8-25-20-29(40(50)38(39)37(25)27)30-13-15-44(51)32-21-34(47)33-22-35(48)36(49)23-42(33,3)31(32)12-14-43(30,44)4/h17,19,21,24-26,29-31,33,35-36,38,40,48-51H,5-16,18,20,22-23H2,1-4H3/t25-,26+,29+,30-,31+,33+,35-,36+,38-,40+,42-,43-,44-/m1/s1. The van der Waals surface area contributed by atoms with E-state index in [1.807, 2.05) is 12.5 Å². The van der Waals surface area contributed by atoms with Crippen LogP contribution in [0.3, 0.4) is 0 Å². The van der Waals surface area contributed by atoms with Gasteiger partial charge in [-0.3, -0.25) is 4.79 Å². The zero-order valence-electron chi connectivity index (χ0n) is 31.5. The quantitative estimate of drug-likeness (QED) is 0.244. The van der Waals surface area contributed by atoms with Gasteiger partial charge in [-0.15, -0.1) is 0 Å². The molecule has 7 nitrogen and oxygen atoms in total. The third-order valence-corrected chi connectivity index (χ3v) is 17.2. The molecular weight excluding hydrogens is 636 g/mol. The molecule has 0 unspecified atom stereocenters. The molecule has 0 radical (unpaired) electrons. The predicted octanol–water partition coefficient (Wildman–Crippen LogP) is 7.10. The summed E-state index contributed by atoms with van der Waals surface area (Å²) in [5, 5.41) is 47.5. The van der Waals surface area contributed by atoms with Crippen LogP contribution in [0.15, 0.2) is 52.7 Å². The van der Waals surface area contributed by atoms with E-state index in [2.05, 4.69) is 43.4 Å². The normalized spacial score (nSPS) is 46.5. The SMILES string of the molecule is CC(C)(CCn1ccnc1)C1=C2CCCC[C@H]2C2=C3[C@H](CCC2)C[C@@H]([C@H]2CC[C@@]4(O)C5=CC(=O)[C@@H]6C[C@@H](O)[C@@H](O)C[C@]6(C)[C@H]5CC[C@]24C)[C@H](O)[C@H]31. The van der Waals surface area contributed by atoms with Crippen LogP contribution in [0.2, 0.25) is 0 Å². The van der Waals surface area contributed by atoms with Crippen LogP contribution in [0.5, 0.6) is 0 Å².